The molecule has 0 radical (unpaired) electrons. The van der Waals surface area contributed by atoms with Gasteiger partial charge in [0, 0.05) is 19.5 Å². The normalized spacial score (nSPS) is 21.9. The first-order valence-electron chi connectivity index (χ1n) is 4.49. The Morgan fingerprint density at radius 3 is 2.25 bits per heavy atom. The highest BCUT2D eigenvalue weighted by atomic mass is 16.2. The predicted octanol–water partition coefficient (Wildman–Crippen LogP) is 0.464. The van der Waals surface area contributed by atoms with Crippen LogP contribution in [0.1, 0.15) is 19.8 Å². The van der Waals surface area contributed by atoms with Gasteiger partial charge in [-0.25, -0.2) is 0 Å². The van der Waals surface area contributed by atoms with Crippen molar-refractivity contribution in [2.24, 2.45) is 5.41 Å². The van der Waals surface area contributed by atoms with Crippen molar-refractivity contribution < 1.29 is 4.79 Å². The third kappa shape index (κ3) is 1.78. The van der Waals surface area contributed by atoms with E-state index in [4.69, 9.17) is 0 Å². The molecule has 0 spiro atoms. The molecule has 1 aliphatic rings. The third-order valence-electron chi connectivity index (χ3n) is 2.63. The molecule has 1 fully saturated rings. The molecule has 3 heteroatoms. The first kappa shape index (κ1) is 9.52. The Kier molecular flexibility index (Phi) is 2.73. The SMILES string of the molecule is CN(C)C(=O)C1(C)CCNCC1. The van der Waals surface area contributed by atoms with E-state index in [1.807, 2.05) is 14.1 Å². The summed E-state index contributed by atoms with van der Waals surface area (Å²) in [6, 6.07) is 0. The molecular formula is C9H18N2O. The van der Waals surface area contributed by atoms with Gasteiger partial charge in [0.15, 0.2) is 0 Å². The highest BCUT2D eigenvalue weighted by Crippen LogP contribution is 2.29. The van der Waals surface area contributed by atoms with Gasteiger partial charge in [0.1, 0.15) is 0 Å². The number of amides is 1. The summed E-state index contributed by atoms with van der Waals surface area (Å²) in [7, 11) is 3.66. The topological polar surface area (TPSA) is 32.3 Å². The summed E-state index contributed by atoms with van der Waals surface area (Å²) in [5.41, 5.74) is -0.116. The van der Waals surface area contributed by atoms with Gasteiger partial charge >= 0.3 is 0 Å². The lowest BCUT2D eigenvalue weighted by Gasteiger charge is -2.34. The zero-order valence-corrected chi connectivity index (χ0v) is 8.18. The average molecular weight is 170 g/mol. The fourth-order valence-corrected chi connectivity index (χ4v) is 1.73. The van der Waals surface area contributed by atoms with Gasteiger partial charge in [-0.15, -0.1) is 0 Å². The van der Waals surface area contributed by atoms with Crippen LogP contribution in [0.5, 0.6) is 0 Å². The maximum Gasteiger partial charge on any atom is 0.228 e. The Morgan fingerprint density at radius 1 is 1.33 bits per heavy atom. The van der Waals surface area contributed by atoms with Crippen molar-refractivity contribution in [1.82, 2.24) is 10.2 Å². The molecule has 0 aromatic heterocycles. The molecule has 0 atom stereocenters. The van der Waals surface area contributed by atoms with Gasteiger partial charge in [-0.05, 0) is 25.9 Å². The fraction of sp³-hybridized carbons (Fsp3) is 0.889. The molecule has 0 aliphatic carbocycles. The second-order valence-corrected chi connectivity index (χ2v) is 4.01. The van der Waals surface area contributed by atoms with E-state index in [-0.39, 0.29) is 11.3 Å². The molecule has 0 aromatic rings. The van der Waals surface area contributed by atoms with E-state index in [0.717, 1.165) is 25.9 Å². The minimum Gasteiger partial charge on any atom is -0.348 e. The van der Waals surface area contributed by atoms with Crippen LogP contribution in [-0.2, 0) is 4.79 Å². The van der Waals surface area contributed by atoms with Crippen molar-refractivity contribution in [3.8, 4) is 0 Å². The van der Waals surface area contributed by atoms with E-state index in [9.17, 15) is 4.79 Å². The van der Waals surface area contributed by atoms with Crippen LogP contribution in [0.3, 0.4) is 0 Å². The number of piperidine rings is 1. The van der Waals surface area contributed by atoms with Gasteiger partial charge in [0.25, 0.3) is 0 Å². The second-order valence-electron chi connectivity index (χ2n) is 4.01. The Balaban J connectivity index is 2.62. The molecule has 1 heterocycles. The van der Waals surface area contributed by atoms with Crippen LogP contribution in [0, 0.1) is 5.41 Å². The zero-order valence-electron chi connectivity index (χ0n) is 8.18. The lowest BCUT2D eigenvalue weighted by molar-refractivity contribution is -0.140. The first-order chi connectivity index (χ1) is 5.56. The Hall–Kier alpha value is -0.570. The molecule has 0 bridgehead atoms. The van der Waals surface area contributed by atoms with Crippen LogP contribution in [0.25, 0.3) is 0 Å². The molecule has 1 rings (SSSR count). The van der Waals surface area contributed by atoms with Crippen LogP contribution < -0.4 is 5.32 Å². The maximum atomic E-state index is 11.7. The van der Waals surface area contributed by atoms with Crippen molar-refractivity contribution in [3.63, 3.8) is 0 Å². The molecule has 12 heavy (non-hydrogen) atoms. The molecule has 3 nitrogen and oxygen atoms in total. The Morgan fingerprint density at radius 2 is 1.83 bits per heavy atom. The molecule has 0 saturated carbocycles. The smallest absolute Gasteiger partial charge is 0.228 e. The Bertz CT molecular complexity index is 171. The van der Waals surface area contributed by atoms with E-state index in [0.29, 0.717) is 0 Å². The zero-order chi connectivity index (χ0) is 9.19. The lowest BCUT2D eigenvalue weighted by Crippen LogP contribution is -2.45. The molecule has 0 unspecified atom stereocenters. The molecule has 1 saturated heterocycles. The number of carbonyl (C=O) groups is 1. The van der Waals surface area contributed by atoms with Crippen molar-refractivity contribution in [2.75, 3.05) is 27.2 Å². The van der Waals surface area contributed by atoms with Crippen LogP contribution >= 0.6 is 0 Å². The number of hydrogen-bond acceptors (Lipinski definition) is 2. The third-order valence-corrected chi connectivity index (χ3v) is 2.63. The van der Waals surface area contributed by atoms with E-state index in [1.165, 1.54) is 0 Å². The number of nitrogens with one attached hydrogen (secondary N) is 1. The average Bonchev–Trinajstić information content (AvgIpc) is 2.04. The molecule has 0 aromatic carbocycles. The van der Waals surface area contributed by atoms with Gasteiger partial charge in [-0.2, -0.15) is 0 Å². The highest BCUT2D eigenvalue weighted by molar-refractivity contribution is 5.81. The van der Waals surface area contributed by atoms with Crippen molar-refractivity contribution in [1.29, 1.82) is 0 Å². The van der Waals surface area contributed by atoms with Gasteiger partial charge in [0.2, 0.25) is 5.91 Å². The van der Waals surface area contributed by atoms with Crippen molar-refractivity contribution >= 4 is 5.91 Å². The predicted molar refractivity (Wildman–Crippen MR) is 48.9 cm³/mol. The monoisotopic (exact) mass is 170 g/mol. The largest absolute Gasteiger partial charge is 0.348 e. The number of nitrogens with zero attached hydrogens (tertiary/aromatic N) is 1. The van der Waals surface area contributed by atoms with Gasteiger partial charge in [0.05, 0.1) is 0 Å². The second kappa shape index (κ2) is 3.44. The van der Waals surface area contributed by atoms with Crippen LogP contribution in [-0.4, -0.2) is 38.0 Å². The summed E-state index contributed by atoms with van der Waals surface area (Å²) >= 11 is 0. The van der Waals surface area contributed by atoms with Crippen molar-refractivity contribution in [2.45, 2.75) is 19.8 Å². The van der Waals surface area contributed by atoms with Crippen LogP contribution in [0.15, 0.2) is 0 Å². The summed E-state index contributed by atoms with van der Waals surface area (Å²) in [5.74, 6) is 0.268. The van der Waals surface area contributed by atoms with E-state index in [1.54, 1.807) is 4.90 Å². The molecule has 1 amide bonds. The van der Waals surface area contributed by atoms with Crippen molar-refractivity contribution in [3.05, 3.63) is 0 Å². The summed E-state index contributed by atoms with van der Waals surface area (Å²) in [5, 5.41) is 3.26. The lowest BCUT2D eigenvalue weighted by atomic mass is 9.80. The maximum absolute atomic E-state index is 11.7. The number of hydrogen-bond donors (Lipinski definition) is 1. The first-order valence-corrected chi connectivity index (χ1v) is 4.49. The number of rotatable bonds is 1. The molecular weight excluding hydrogens is 152 g/mol. The summed E-state index contributed by atoms with van der Waals surface area (Å²) in [6.45, 7) is 4.00. The van der Waals surface area contributed by atoms with Crippen LogP contribution in [0.2, 0.25) is 0 Å². The van der Waals surface area contributed by atoms with E-state index >= 15 is 0 Å². The highest BCUT2D eigenvalue weighted by Gasteiger charge is 2.35. The van der Waals surface area contributed by atoms with Gasteiger partial charge in [-0.1, -0.05) is 6.92 Å². The summed E-state index contributed by atoms with van der Waals surface area (Å²) in [4.78, 5) is 13.4. The molecule has 70 valence electrons. The van der Waals surface area contributed by atoms with E-state index in [2.05, 4.69) is 12.2 Å². The molecule has 1 aliphatic heterocycles. The standard InChI is InChI=1S/C9H18N2O/c1-9(8(12)11(2)3)4-6-10-7-5-9/h10H,4-7H2,1-3H3. The van der Waals surface area contributed by atoms with Gasteiger partial charge in [-0.3, -0.25) is 4.79 Å². The summed E-state index contributed by atoms with van der Waals surface area (Å²) < 4.78 is 0. The quantitative estimate of drug-likeness (QED) is 0.620. The molecule has 1 N–H and O–H groups in total. The van der Waals surface area contributed by atoms with Crippen LogP contribution in [0.4, 0.5) is 0 Å². The fourth-order valence-electron chi connectivity index (χ4n) is 1.73. The van der Waals surface area contributed by atoms with E-state index < -0.39 is 0 Å². The van der Waals surface area contributed by atoms with Gasteiger partial charge < -0.3 is 10.2 Å². The minimum atomic E-state index is -0.116. The minimum absolute atomic E-state index is 0.116. The number of carbonyl (C=O) groups excluding carboxylic acids is 1. The summed E-state index contributed by atoms with van der Waals surface area (Å²) in [6.07, 6.45) is 1.92. The Labute approximate surface area is 74.1 Å².